The van der Waals surface area contributed by atoms with Gasteiger partial charge in [-0.3, -0.25) is 4.79 Å². The van der Waals surface area contributed by atoms with Gasteiger partial charge in [-0.05, 0) is 41.5 Å². The van der Waals surface area contributed by atoms with Crippen LogP contribution in [0.25, 0.3) is 11.4 Å². The molecule has 182 valence electrons. The van der Waals surface area contributed by atoms with Crippen molar-refractivity contribution in [2.45, 2.75) is 32.0 Å². The van der Waals surface area contributed by atoms with Gasteiger partial charge in [-0.2, -0.15) is 10.5 Å². The Kier molecular flexibility index (Phi) is 8.35. The van der Waals surface area contributed by atoms with E-state index in [4.69, 9.17) is 4.74 Å². The number of carbonyl (C=O) groups excluding carboxylic acids is 1. The van der Waals surface area contributed by atoms with E-state index >= 15 is 0 Å². The molecule has 0 saturated heterocycles. The summed E-state index contributed by atoms with van der Waals surface area (Å²) in [6.07, 6.45) is 0.476. The molecule has 0 fully saturated rings. The second-order valence-corrected chi connectivity index (χ2v) is 8.40. The van der Waals surface area contributed by atoms with E-state index in [2.05, 4.69) is 43.4 Å². The van der Waals surface area contributed by atoms with Gasteiger partial charge in [0, 0.05) is 17.7 Å². The molecule has 0 aliphatic rings. The second kappa shape index (κ2) is 12.2. The molecule has 0 spiro atoms. The number of aromatic amines is 1. The van der Waals surface area contributed by atoms with Crippen molar-refractivity contribution >= 4 is 11.6 Å². The molecule has 9 heteroatoms. The number of carbonyl (C=O) groups is 1. The molecular formula is C27H27N7O2. The molecule has 0 unspecified atom stereocenters. The molecule has 9 nitrogen and oxygen atoms in total. The van der Waals surface area contributed by atoms with Crippen molar-refractivity contribution in [2.75, 3.05) is 11.9 Å². The van der Waals surface area contributed by atoms with Gasteiger partial charge in [0.15, 0.2) is 0 Å². The Labute approximate surface area is 209 Å². The molecule has 4 rings (SSSR count). The Morgan fingerprint density at radius 1 is 1.06 bits per heavy atom. The van der Waals surface area contributed by atoms with Crippen LogP contribution in [0.1, 0.15) is 16.7 Å². The lowest BCUT2D eigenvalue weighted by atomic mass is 10.0. The summed E-state index contributed by atoms with van der Waals surface area (Å²) in [5.41, 5.74) is 4.68. The first kappa shape index (κ1) is 24.6. The second-order valence-electron chi connectivity index (χ2n) is 8.40. The number of anilines is 1. The predicted molar refractivity (Wildman–Crippen MR) is 136 cm³/mol. The van der Waals surface area contributed by atoms with Gasteiger partial charge >= 0.3 is 0 Å². The molecule has 3 aromatic carbocycles. The largest absolute Gasteiger partial charge is 0.374 e. The molecule has 3 N–H and O–H groups in total. The molecule has 36 heavy (non-hydrogen) atoms. The fraction of sp³-hybridized carbons (Fsp3) is 0.222. The summed E-state index contributed by atoms with van der Waals surface area (Å²) >= 11 is 0. The maximum atomic E-state index is 13.2. The minimum absolute atomic E-state index is 0.0528. The summed E-state index contributed by atoms with van der Waals surface area (Å²) in [6.45, 7) is 2.34. The number of hydrogen-bond acceptors (Lipinski definition) is 7. The Morgan fingerprint density at radius 3 is 2.61 bits per heavy atom. The molecule has 2 atom stereocenters. The molecule has 0 aliphatic carbocycles. The van der Waals surface area contributed by atoms with Crippen LogP contribution in [0.15, 0.2) is 78.9 Å². The molecule has 0 saturated carbocycles. The Balaban J connectivity index is 1.37. The smallest absolute Gasteiger partial charge is 0.243 e. The summed E-state index contributed by atoms with van der Waals surface area (Å²) in [5, 5.41) is 29.7. The van der Waals surface area contributed by atoms with Crippen LogP contribution >= 0.6 is 0 Å². The van der Waals surface area contributed by atoms with Crippen LogP contribution in [0.5, 0.6) is 0 Å². The lowest BCUT2D eigenvalue weighted by Crippen LogP contribution is -2.46. The number of ether oxygens (including phenoxy) is 1. The number of benzene rings is 3. The number of H-pyrrole nitrogens is 1. The van der Waals surface area contributed by atoms with E-state index in [1.54, 1.807) is 0 Å². The molecule has 4 aromatic rings. The van der Waals surface area contributed by atoms with Gasteiger partial charge in [-0.1, -0.05) is 66.2 Å². The van der Waals surface area contributed by atoms with Crippen LogP contribution in [-0.4, -0.2) is 45.2 Å². The van der Waals surface area contributed by atoms with E-state index in [-0.39, 0.29) is 19.1 Å². The first-order valence-electron chi connectivity index (χ1n) is 11.6. The van der Waals surface area contributed by atoms with Gasteiger partial charge in [0.2, 0.25) is 11.7 Å². The molecule has 1 amide bonds. The van der Waals surface area contributed by atoms with Gasteiger partial charge in [-0.15, -0.1) is 10.2 Å². The maximum absolute atomic E-state index is 13.2. The summed E-state index contributed by atoms with van der Waals surface area (Å²) in [5.74, 6) is 0.221. The van der Waals surface area contributed by atoms with Crippen molar-refractivity contribution in [1.29, 1.82) is 5.26 Å². The third-order valence-corrected chi connectivity index (χ3v) is 5.51. The summed E-state index contributed by atoms with van der Waals surface area (Å²) in [4.78, 5) is 13.2. The minimum atomic E-state index is -0.796. The standard InChI is InChI=1S/C27H27N7O2/c1-19-7-5-8-20(13-19)15-25(29-23-11-3-2-4-12-23)27(35)30-24(16-28)18-36-17-21-9-6-10-22(14-21)26-31-33-34-32-26/h2-14,24-25,29H,15,17-18H2,1H3,(H,30,35)(H,31,32,33,34)/t24-,25-/m0/s1. The van der Waals surface area contributed by atoms with Gasteiger partial charge in [-0.25, -0.2) is 0 Å². The molecule has 0 aliphatic heterocycles. The highest BCUT2D eigenvalue weighted by Gasteiger charge is 2.22. The number of nitrogens with zero attached hydrogens (tertiary/aromatic N) is 4. The zero-order valence-electron chi connectivity index (χ0n) is 19.9. The number of para-hydroxylation sites is 1. The number of hydrogen-bond donors (Lipinski definition) is 3. The van der Waals surface area contributed by atoms with Crippen LogP contribution in [-0.2, 0) is 22.6 Å². The van der Waals surface area contributed by atoms with Crippen molar-refractivity contribution in [2.24, 2.45) is 0 Å². The zero-order valence-corrected chi connectivity index (χ0v) is 19.9. The molecule has 1 heterocycles. The van der Waals surface area contributed by atoms with Crippen molar-refractivity contribution < 1.29 is 9.53 Å². The van der Waals surface area contributed by atoms with E-state index in [0.29, 0.717) is 12.2 Å². The fourth-order valence-electron chi connectivity index (χ4n) is 3.78. The Morgan fingerprint density at radius 2 is 1.86 bits per heavy atom. The van der Waals surface area contributed by atoms with Gasteiger partial charge in [0.25, 0.3) is 0 Å². The quantitative estimate of drug-likeness (QED) is 0.299. The van der Waals surface area contributed by atoms with Crippen LogP contribution in [0.2, 0.25) is 0 Å². The summed E-state index contributed by atoms with van der Waals surface area (Å²) < 4.78 is 5.76. The van der Waals surface area contributed by atoms with E-state index in [1.807, 2.05) is 79.7 Å². The van der Waals surface area contributed by atoms with Gasteiger partial charge in [0.05, 0.1) is 19.3 Å². The highest BCUT2D eigenvalue weighted by atomic mass is 16.5. The van der Waals surface area contributed by atoms with Crippen LogP contribution < -0.4 is 10.6 Å². The van der Waals surface area contributed by atoms with Crippen molar-refractivity contribution in [3.8, 4) is 17.5 Å². The SMILES string of the molecule is Cc1cccc(C[C@H](Nc2ccccc2)C(=O)N[C@@H](C#N)COCc2cccc(-c3nn[nH]n3)c2)c1. The topological polar surface area (TPSA) is 129 Å². The average molecular weight is 482 g/mol. The van der Waals surface area contributed by atoms with E-state index < -0.39 is 12.1 Å². The highest BCUT2D eigenvalue weighted by molar-refractivity contribution is 5.85. The number of nitrogens with one attached hydrogen (secondary N) is 3. The van der Waals surface area contributed by atoms with Crippen molar-refractivity contribution in [3.05, 3.63) is 95.6 Å². The Bertz CT molecular complexity index is 1300. The van der Waals surface area contributed by atoms with Crippen LogP contribution in [0.3, 0.4) is 0 Å². The van der Waals surface area contributed by atoms with E-state index in [1.165, 1.54) is 0 Å². The monoisotopic (exact) mass is 481 g/mol. The number of aryl methyl sites for hydroxylation is 1. The molecule has 0 radical (unpaired) electrons. The first-order chi connectivity index (χ1) is 17.6. The lowest BCUT2D eigenvalue weighted by molar-refractivity contribution is -0.122. The molecule has 1 aromatic heterocycles. The molecular weight excluding hydrogens is 454 g/mol. The van der Waals surface area contributed by atoms with Crippen molar-refractivity contribution in [3.63, 3.8) is 0 Å². The lowest BCUT2D eigenvalue weighted by Gasteiger charge is -2.22. The molecule has 0 bridgehead atoms. The minimum Gasteiger partial charge on any atom is -0.374 e. The Hall–Kier alpha value is -4.55. The average Bonchev–Trinajstić information content (AvgIpc) is 3.44. The van der Waals surface area contributed by atoms with Crippen LogP contribution in [0, 0.1) is 18.3 Å². The fourth-order valence-corrected chi connectivity index (χ4v) is 3.78. The van der Waals surface area contributed by atoms with E-state index in [0.717, 1.165) is 27.9 Å². The third-order valence-electron chi connectivity index (χ3n) is 5.51. The van der Waals surface area contributed by atoms with Crippen LogP contribution in [0.4, 0.5) is 5.69 Å². The normalized spacial score (nSPS) is 12.3. The first-order valence-corrected chi connectivity index (χ1v) is 11.6. The predicted octanol–water partition coefficient (Wildman–Crippen LogP) is 3.42. The number of nitriles is 1. The number of amides is 1. The summed E-state index contributed by atoms with van der Waals surface area (Å²) in [7, 11) is 0. The van der Waals surface area contributed by atoms with Gasteiger partial charge < -0.3 is 15.4 Å². The number of rotatable bonds is 11. The number of aromatic nitrogens is 4. The van der Waals surface area contributed by atoms with Crippen molar-refractivity contribution in [1.82, 2.24) is 25.9 Å². The van der Waals surface area contributed by atoms with E-state index in [9.17, 15) is 10.1 Å². The third kappa shape index (κ3) is 6.98. The van der Waals surface area contributed by atoms with Gasteiger partial charge in [0.1, 0.15) is 12.1 Å². The zero-order chi connectivity index (χ0) is 25.2. The maximum Gasteiger partial charge on any atom is 0.243 e. The highest BCUT2D eigenvalue weighted by Crippen LogP contribution is 2.16. The summed E-state index contributed by atoms with van der Waals surface area (Å²) in [6, 6.07) is 25.9. The number of tetrazole rings is 1.